The predicted molar refractivity (Wildman–Crippen MR) is 106 cm³/mol. The van der Waals surface area contributed by atoms with Crippen molar-refractivity contribution in [1.29, 1.82) is 0 Å². The fourth-order valence-electron chi connectivity index (χ4n) is 4.31. The van der Waals surface area contributed by atoms with Crippen LogP contribution in [0.25, 0.3) is 0 Å². The Kier molecular flexibility index (Phi) is 5.57. The lowest BCUT2D eigenvalue weighted by molar-refractivity contribution is 0.474. The Morgan fingerprint density at radius 2 is 1.67 bits per heavy atom. The van der Waals surface area contributed by atoms with Gasteiger partial charge in [-0.1, -0.05) is 78.3 Å². The molecule has 1 N–H and O–H groups in total. The highest BCUT2D eigenvalue weighted by Crippen LogP contribution is 2.41. The molecule has 0 aromatic heterocycles. The zero-order chi connectivity index (χ0) is 16.8. The van der Waals surface area contributed by atoms with Crippen LogP contribution >= 0.6 is 0 Å². The molecule has 0 spiro atoms. The number of hydrogen-bond donors (Lipinski definition) is 1. The summed E-state index contributed by atoms with van der Waals surface area (Å²) in [6.45, 7) is 3.89. The van der Waals surface area contributed by atoms with Crippen LogP contribution in [0.2, 0.25) is 18.1 Å². The molecule has 0 bridgehead atoms. The Bertz CT molecular complexity index is 639. The van der Waals surface area contributed by atoms with Crippen LogP contribution in [0.15, 0.2) is 67.3 Å². The second-order valence-corrected chi connectivity index (χ2v) is 11.8. The van der Waals surface area contributed by atoms with E-state index in [4.69, 9.17) is 0 Å². The lowest BCUT2D eigenvalue weighted by Crippen LogP contribution is -2.49. The van der Waals surface area contributed by atoms with Crippen molar-refractivity contribution in [3.63, 3.8) is 0 Å². The van der Waals surface area contributed by atoms with Gasteiger partial charge in [0.05, 0.1) is 8.07 Å². The minimum Gasteiger partial charge on any atom is -0.508 e. The minimum atomic E-state index is -1.38. The molecule has 2 heteroatoms. The van der Waals surface area contributed by atoms with Crippen LogP contribution in [0.3, 0.4) is 0 Å². The highest BCUT2D eigenvalue weighted by atomic mass is 28.3. The predicted octanol–water partition coefficient (Wildman–Crippen LogP) is 5.59. The number of allylic oxidation sites excluding steroid dienone is 1. The molecule has 126 valence electrons. The van der Waals surface area contributed by atoms with E-state index in [1.165, 1.54) is 43.0 Å². The summed E-state index contributed by atoms with van der Waals surface area (Å²) >= 11 is 0. The molecule has 1 heterocycles. The topological polar surface area (TPSA) is 20.2 Å². The Morgan fingerprint density at radius 1 is 1.00 bits per heavy atom. The van der Waals surface area contributed by atoms with E-state index in [1.54, 1.807) is 5.19 Å². The minimum absolute atomic E-state index is 0.368. The summed E-state index contributed by atoms with van der Waals surface area (Å²) in [6, 6.07) is 23.4. The lowest BCUT2D eigenvalue weighted by atomic mass is 9.93. The summed E-state index contributed by atoms with van der Waals surface area (Å²) in [4.78, 5) is 0. The van der Waals surface area contributed by atoms with Crippen molar-refractivity contribution in [3.05, 3.63) is 72.8 Å². The summed E-state index contributed by atoms with van der Waals surface area (Å²) in [6.07, 6.45) is 7.08. The molecule has 1 aliphatic rings. The number of phenols is 1. The third kappa shape index (κ3) is 3.81. The zero-order valence-corrected chi connectivity index (χ0v) is 15.5. The molecule has 2 aromatic carbocycles. The van der Waals surface area contributed by atoms with E-state index in [-0.39, 0.29) is 0 Å². The fourth-order valence-corrected chi connectivity index (χ4v) is 9.51. The Hall–Kier alpha value is -1.80. The van der Waals surface area contributed by atoms with Gasteiger partial charge in [0.2, 0.25) is 0 Å². The second-order valence-electron chi connectivity index (χ2n) is 7.19. The monoisotopic (exact) mass is 336 g/mol. The number of phenolic OH excluding ortho intramolecular Hbond substituents is 1. The van der Waals surface area contributed by atoms with Gasteiger partial charge in [0.15, 0.2) is 0 Å². The van der Waals surface area contributed by atoms with Crippen molar-refractivity contribution >= 4 is 13.3 Å². The quantitative estimate of drug-likeness (QED) is 0.414. The summed E-state index contributed by atoms with van der Waals surface area (Å²) in [7, 11) is -1.38. The maximum absolute atomic E-state index is 9.51. The first-order chi connectivity index (χ1) is 11.7. The van der Waals surface area contributed by atoms with Crippen molar-refractivity contribution < 1.29 is 5.11 Å². The molecule has 1 saturated heterocycles. The largest absolute Gasteiger partial charge is 0.508 e. The molecule has 0 atom stereocenters. The maximum atomic E-state index is 9.51. The summed E-state index contributed by atoms with van der Waals surface area (Å²) in [5.74, 6) is 1.03. The molecule has 0 radical (unpaired) electrons. The van der Waals surface area contributed by atoms with E-state index in [1.807, 2.05) is 12.1 Å². The molecular weight excluding hydrogens is 308 g/mol. The molecule has 0 unspecified atom stereocenters. The molecule has 1 fully saturated rings. The van der Waals surface area contributed by atoms with Crippen molar-refractivity contribution in [1.82, 2.24) is 0 Å². The summed E-state index contributed by atoms with van der Waals surface area (Å²) < 4.78 is 0. The van der Waals surface area contributed by atoms with E-state index in [2.05, 4.69) is 55.1 Å². The van der Waals surface area contributed by atoms with Crippen molar-refractivity contribution in [2.45, 2.75) is 49.7 Å². The summed E-state index contributed by atoms with van der Waals surface area (Å²) in [5, 5.41) is 11.2. The Labute approximate surface area is 147 Å². The maximum Gasteiger partial charge on any atom is 0.115 e. The number of benzene rings is 2. The van der Waals surface area contributed by atoms with Gasteiger partial charge in [-0.2, -0.15) is 0 Å². The van der Waals surface area contributed by atoms with E-state index >= 15 is 0 Å². The first-order valence-electron chi connectivity index (χ1n) is 9.19. The lowest BCUT2D eigenvalue weighted by Gasteiger charge is -2.39. The van der Waals surface area contributed by atoms with Gasteiger partial charge < -0.3 is 5.11 Å². The molecule has 1 aliphatic heterocycles. The third-order valence-electron chi connectivity index (χ3n) is 5.76. The standard InChI is InChI=1S/C22H28OSi/c1-2-3-7-16-24(22-8-5-4-6-9-22)17-14-20(15-18-24)19-10-12-21(23)13-11-19/h2,4-6,8-13,20,23H,1,3,7,14-18H2. The molecule has 0 aliphatic carbocycles. The number of hydrogen-bond acceptors (Lipinski definition) is 1. The van der Waals surface area contributed by atoms with Gasteiger partial charge in [0.1, 0.15) is 5.75 Å². The van der Waals surface area contributed by atoms with Gasteiger partial charge in [-0.3, -0.25) is 0 Å². The second kappa shape index (κ2) is 7.85. The van der Waals surface area contributed by atoms with Crippen LogP contribution in [-0.2, 0) is 0 Å². The van der Waals surface area contributed by atoms with Gasteiger partial charge in [0, 0.05) is 0 Å². The van der Waals surface area contributed by atoms with Crippen LogP contribution in [0.5, 0.6) is 5.75 Å². The number of unbranched alkanes of at least 4 members (excludes halogenated alkanes) is 1. The molecule has 2 aromatic rings. The molecule has 1 nitrogen and oxygen atoms in total. The van der Waals surface area contributed by atoms with Crippen LogP contribution in [-0.4, -0.2) is 13.2 Å². The highest BCUT2D eigenvalue weighted by Gasteiger charge is 2.38. The fraction of sp³-hybridized carbons (Fsp3) is 0.364. The van der Waals surface area contributed by atoms with E-state index < -0.39 is 8.07 Å². The van der Waals surface area contributed by atoms with Gasteiger partial charge >= 0.3 is 0 Å². The van der Waals surface area contributed by atoms with Crippen LogP contribution in [0.1, 0.15) is 37.2 Å². The highest BCUT2D eigenvalue weighted by molar-refractivity contribution is 6.92. The van der Waals surface area contributed by atoms with Gasteiger partial charge in [0.25, 0.3) is 0 Å². The van der Waals surface area contributed by atoms with Gasteiger partial charge in [-0.15, -0.1) is 6.58 Å². The third-order valence-corrected chi connectivity index (χ3v) is 11.1. The molecule has 0 saturated carbocycles. The molecular formula is C22H28OSi. The Balaban J connectivity index is 1.75. The SMILES string of the molecule is C=CCCC[Si]1(c2ccccc2)CCC(c2ccc(O)cc2)CC1. The average Bonchev–Trinajstić information content (AvgIpc) is 2.64. The molecule has 3 rings (SSSR count). The van der Waals surface area contributed by atoms with Crippen molar-refractivity contribution in [3.8, 4) is 5.75 Å². The van der Waals surface area contributed by atoms with E-state index in [0.29, 0.717) is 11.7 Å². The van der Waals surface area contributed by atoms with Crippen LogP contribution < -0.4 is 5.19 Å². The van der Waals surface area contributed by atoms with Crippen LogP contribution in [0, 0.1) is 0 Å². The van der Waals surface area contributed by atoms with Crippen molar-refractivity contribution in [2.24, 2.45) is 0 Å². The Morgan fingerprint density at radius 3 is 2.29 bits per heavy atom. The molecule has 0 amide bonds. The van der Waals surface area contributed by atoms with E-state index in [9.17, 15) is 5.11 Å². The van der Waals surface area contributed by atoms with Gasteiger partial charge in [-0.05, 0) is 42.9 Å². The number of rotatable bonds is 6. The summed E-state index contributed by atoms with van der Waals surface area (Å²) in [5.41, 5.74) is 1.40. The van der Waals surface area contributed by atoms with Crippen molar-refractivity contribution in [2.75, 3.05) is 0 Å². The normalized spacial score (nSPS) is 23.8. The first-order valence-corrected chi connectivity index (χ1v) is 11.8. The first kappa shape index (κ1) is 17.0. The zero-order valence-electron chi connectivity index (χ0n) is 14.5. The average molecular weight is 337 g/mol. The molecule has 24 heavy (non-hydrogen) atoms. The van der Waals surface area contributed by atoms with Gasteiger partial charge in [-0.25, -0.2) is 0 Å². The number of aromatic hydroxyl groups is 1. The smallest absolute Gasteiger partial charge is 0.115 e. The van der Waals surface area contributed by atoms with Crippen LogP contribution in [0.4, 0.5) is 0 Å². The van der Waals surface area contributed by atoms with E-state index in [0.717, 1.165) is 6.42 Å².